The van der Waals surface area contributed by atoms with Gasteiger partial charge in [0.05, 0.1) is 16.1 Å². The van der Waals surface area contributed by atoms with Crippen LogP contribution in [0.4, 0.5) is 0 Å². The van der Waals surface area contributed by atoms with Gasteiger partial charge in [-0.1, -0.05) is 67.8 Å². The third-order valence-electron chi connectivity index (χ3n) is 5.66. The maximum absolute atomic E-state index is 10.9. The van der Waals surface area contributed by atoms with Crippen LogP contribution in [0.1, 0.15) is 63.4 Å². The molecule has 124 valence electrons. The van der Waals surface area contributed by atoms with Gasteiger partial charge in [0.2, 0.25) is 0 Å². The number of hydrogen-bond donors (Lipinski definition) is 1. The summed E-state index contributed by atoms with van der Waals surface area (Å²) < 4.78 is 0. The zero-order chi connectivity index (χ0) is 14.9. The summed E-state index contributed by atoms with van der Waals surface area (Å²) in [5, 5.41) is 12.1. The van der Waals surface area contributed by atoms with Crippen LogP contribution in [0.15, 0.2) is 18.2 Å². The molecule has 22 heavy (non-hydrogen) atoms. The summed E-state index contributed by atoms with van der Waals surface area (Å²) in [4.78, 5) is 0. The van der Waals surface area contributed by atoms with E-state index >= 15 is 0 Å². The van der Waals surface area contributed by atoms with Crippen LogP contribution < -0.4 is 12.4 Å². The first-order valence-corrected chi connectivity index (χ1v) is 9.01. The second-order valence-electron chi connectivity index (χ2n) is 6.89. The van der Waals surface area contributed by atoms with Crippen molar-refractivity contribution in [2.24, 2.45) is 5.92 Å². The molecular formula is C18H24Cl3O-. The van der Waals surface area contributed by atoms with Gasteiger partial charge >= 0.3 is 0 Å². The normalized spacial score (nSPS) is 22.5. The molecule has 4 heteroatoms. The van der Waals surface area contributed by atoms with E-state index in [0.29, 0.717) is 16.0 Å². The number of aliphatic hydroxyl groups is 1. The zero-order valence-electron chi connectivity index (χ0n) is 12.8. The molecule has 2 fully saturated rings. The Morgan fingerprint density at radius 2 is 1.73 bits per heavy atom. The van der Waals surface area contributed by atoms with Crippen molar-refractivity contribution < 1.29 is 17.5 Å². The third-order valence-corrected chi connectivity index (χ3v) is 6.40. The number of benzene rings is 1. The van der Waals surface area contributed by atoms with Crippen molar-refractivity contribution in [2.45, 2.75) is 69.3 Å². The van der Waals surface area contributed by atoms with Crippen LogP contribution in [-0.2, 0) is 5.41 Å². The van der Waals surface area contributed by atoms with Gasteiger partial charge in [-0.3, -0.25) is 0 Å². The first-order valence-electron chi connectivity index (χ1n) is 8.25. The molecule has 1 nitrogen and oxygen atoms in total. The Hall–Kier alpha value is 0.0500. The molecular weight excluding hydrogens is 339 g/mol. The van der Waals surface area contributed by atoms with Crippen molar-refractivity contribution in [3.8, 4) is 0 Å². The Balaban J connectivity index is 0.00000176. The van der Waals surface area contributed by atoms with E-state index in [1.54, 1.807) is 0 Å². The molecule has 0 unspecified atom stereocenters. The summed E-state index contributed by atoms with van der Waals surface area (Å²) in [6, 6.07) is 5.89. The molecule has 0 aromatic heterocycles. The van der Waals surface area contributed by atoms with Gasteiger partial charge in [-0.05, 0) is 42.9 Å². The summed E-state index contributed by atoms with van der Waals surface area (Å²) >= 11 is 12.2. The van der Waals surface area contributed by atoms with E-state index < -0.39 is 0 Å². The Bertz CT molecular complexity index is 493. The standard InChI is InChI=1S/C18H24Cl2O.ClH/c19-15-8-7-14(12-16(15)20)18(9-4-10-18)17(21)11-13-5-2-1-3-6-13;/h7-8,12-13,17,21H,1-6,9-11H2;1H/p-1/t17-;/m0./s1. The average molecular weight is 363 g/mol. The topological polar surface area (TPSA) is 20.2 Å². The SMILES string of the molecule is O[C@@H](CC1CCCCC1)C1(c2ccc(Cl)c(Cl)c2)CCC1.[Cl-]. The van der Waals surface area contributed by atoms with Gasteiger partial charge < -0.3 is 17.5 Å². The fourth-order valence-corrected chi connectivity index (χ4v) is 4.44. The van der Waals surface area contributed by atoms with Gasteiger partial charge in [0.25, 0.3) is 0 Å². The molecule has 1 aromatic rings. The van der Waals surface area contributed by atoms with E-state index in [2.05, 4.69) is 6.07 Å². The third kappa shape index (κ3) is 3.59. The monoisotopic (exact) mass is 361 g/mol. The molecule has 0 saturated heterocycles. The van der Waals surface area contributed by atoms with Crippen molar-refractivity contribution in [2.75, 3.05) is 0 Å². The number of rotatable bonds is 4. The molecule has 2 aliphatic rings. The summed E-state index contributed by atoms with van der Waals surface area (Å²) in [6.07, 6.45) is 10.6. The smallest absolute Gasteiger partial charge is 0.0639 e. The average Bonchev–Trinajstić information content (AvgIpc) is 2.42. The quantitative estimate of drug-likeness (QED) is 0.873. The molecule has 1 N–H and O–H groups in total. The maximum Gasteiger partial charge on any atom is 0.0639 e. The lowest BCUT2D eigenvalue weighted by Gasteiger charge is -2.47. The van der Waals surface area contributed by atoms with E-state index in [-0.39, 0.29) is 23.9 Å². The highest BCUT2D eigenvalue weighted by Crippen LogP contribution is 2.49. The number of hydrogen-bond acceptors (Lipinski definition) is 1. The fourth-order valence-electron chi connectivity index (χ4n) is 4.14. The lowest BCUT2D eigenvalue weighted by molar-refractivity contribution is -0.0000210. The largest absolute Gasteiger partial charge is 1.00 e. The minimum Gasteiger partial charge on any atom is -1.00 e. The number of aliphatic hydroxyl groups excluding tert-OH is 1. The molecule has 2 saturated carbocycles. The Morgan fingerprint density at radius 3 is 2.27 bits per heavy atom. The van der Waals surface area contributed by atoms with Gasteiger partial charge in [-0.2, -0.15) is 0 Å². The second-order valence-corrected chi connectivity index (χ2v) is 7.71. The van der Waals surface area contributed by atoms with E-state index in [4.69, 9.17) is 23.2 Å². The highest BCUT2D eigenvalue weighted by molar-refractivity contribution is 6.42. The Morgan fingerprint density at radius 1 is 1.05 bits per heavy atom. The van der Waals surface area contributed by atoms with Gasteiger partial charge in [0.15, 0.2) is 0 Å². The van der Waals surface area contributed by atoms with Crippen LogP contribution in [0.2, 0.25) is 10.0 Å². The minimum absolute atomic E-state index is 0. The summed E-state index contributed by atoms with van der Waals surface area (Å²) in [7, 11) is 0. The molecule has 3 rings (SSSR count). The van der Waals surface area contributed by atoms with Crippen molar-refractivity contribution in [3.05, 3.63) is 33.8 Å². The van der Waals surface area contributed by atoms with Crippen LogP contribution in [0.5, 0.6) is 0 Å². The van der Waals surface area contributed by atoms with Gasteiger partial charge in [0, 0.05) is 5.41 Å². The molecule has 0 bridgehead atoms. The van der Waals surface area contributed by atoms with Gasteiger partial charge in [-0.25, -0.2) is 0 Å². The predicted octanol–water partition coefficient (Wildman–Crippen LogP) is 2.75. The lowest BCUT2D eigenvalue weighted by Crippen LogP contribution is -3.00. The Labute approximate surface area is 149 Å². The van der Waals surface area contributed by atoms with Crippen molar-refractivity contribution in [1.29, 1.82) is 0 Å². The van der Waals surface area contributed by atoms with Crippen LogP contribution >= 0.6 is 23.2 Å². The first-order chi connectivity index (χ1) is 10.1. The molecule has 0 amide bonds. The van der Waals surface area contributed by atoms with E-state index in [0.717, 1.165) is 19.3 Å². The van der Waals surface area contributed by atoms with Crippen molar-refractivity contribution >= 4 is 23.2 Å². The summed E-state index contributed by atoms with van der Waals surface area (Å²) in [5.74, 6) is 0.703. The molecule has 0 spiro atoms. The molecule has 1 atom stereocenters. The first kappa shape index (κ1) is 18.4. The predicted molar refractivity (Wildman–Crippen MR) is 89.2 cm³/mol. The van der Waals surface area contributed by atoms with E-state index in [9.17, 15) is 5.11 Å². The molecule has 2 aliphatic carbocycles. The van der Waals surface area contributed by atoms with Crippen LogP contribution in [0.25, 0.3) is 0 Å². The van der Waals surface area contributed by atoms with E-state index in [1.165, 1.54) is 44.1 Å². The van der Waals surface area contributed by atoms with Crippen molar-refractivity contribution in [3.63, 3.8) is 0 Å². The van der Waals surface area contributed by atoms with E-state index in [1.807, 2.05) is 12.1 Å². The second kappa shape index (κ2) is 7.75. The van der Waals surface area contributed by atoms with Gasteiger partial charge in [-0.15, -0.1) is 0 Å². The molecule has 1 aromatic carbocycles. The lowest BCUT2D eigenvalue weighted by atomic mass is 9.59. The van der Waals surface area contributed by atoms with Crippen LogP contribution in [0, 0.1) is 5.92 Å². The Kier molecular flexibility index (Phi) is 6.48. The number of halogens is 3. The highest BCUT2D eigenvalue weighted by Gasteiger charge is 2.45. The van der Waals surface area contributed by atoms with Crippen molar-refractivity contribution in [1.82, 2.24) is 0 Å². The van der Waals surface area contributed by atoms with Gasteiger partial charge in [0.1, 0.15) is 0 Å². The molecule has 0 aliphatic heterocycles. The van der Waals surface area contributed by atoms with Crippen LogP contribution in [-0.4, -0.2) is 11.2 Å². The molecule has 0 radical (unpaired) electrons. The summed E-state index contributed by atoms with van der Waals surface area (Å²) in [6.45, 7) is 0. The zero-order valence-corrected chi connectivity index (χ0v) is 15.1. The fraction of sp³-hybridized carbons (Fsp3) is 0.667. The maximum atomic E-state index is 10.9. The minimum atomic E-state index is -0.244. The highest BCUT2D eigenvalue weighted by atomic mass is 35.5. The summed E-state index contributed by atoms with van der Waals surface area (Å²) in [5.41, 5.74) is 1.09. The molecule has 0 heterocycles. The van der Waals surface area contributed by atoms with Crippen LogP contribution in [0.3, 0.4) is 0 Å².